The summed E-state index contributed by atoms with van der Waals surface area (Å²) in [6, 6.07) is 16.4. The number of benzene rings is 2. The molecule has 1 aliphatic carbocycles. The maximum atomic E-state index is 12.0. The number of anilines is 1. The van der Waals surface area contributed by atoms with Crippen molar-refractivity contribution in [2.24, 2.45) is 4.99 Å². The SMILES string of the molecule is C=COCCNC(=O)Nc1ccc(C2(c3ccc(N=C)cc3)CCCCC2)cc1. The second-order valence-electron chi connectivity index (χ2n) is 7.34. The Hall–Kier alpha value is -3.08. The smallest absolute Gasteiger partial charge is 0.319 e. The Balaban J connectivity index is 1.74. The van der Waals surface area contributed by atoms with Gasteiger partial charge in [-0.1, -0.05) is 50.1 Å². The molecular formula is C24H29N3O2. The van der Waals surface area contributed by atoms with Crippen LogP contribution < -0.4 is 10.6 Å². The van der Waals surface area contributed by atoms with Crippen LogP contribution >= 0.6 is 0 Å². The minimum Gasteiger partial charge on any atom is -0.500 e. The molecule has 2 aromatic carbocycles. The molecule has 5 nitrogen and oxygen atoms in total. The molecule has 0 radical (unpaired) electrons. The predicted octanol–water partition coefficient (Wildman–Crippen LogP) is 5.55. The minimum atomic E-state index is -0.245. The van der Waals surface area contributed by atoms with Gasteiger partial charge in [-0.25, -0.2) is 4.79 Å². The van der Waals surface area contributed by atoms with Gasteiger partial charge in [-0.05, 0) is 55.0 Å². The molecule has 3 rings (SSSR count). The molecule has 0 bridgehead atoms. The average Bonchev–Trinajstić information content (AvgIpc) is 2.78. The van der Waals surface area contributed by atoms with Gasteiger partial charge in [-0.15, -0.1) is 0 Å². The number of urea groups is 1. The van der Waals surface area contributed by atoms with E-state index >= 15 is 0 Å². The summed E-state index contributed by atoms with van der Waals surface area (Å²) in [6.07, 6.45) is 7.34. The summed E-state index contributed by atoms with van der Waals surface area (Å²) in [5.41, 5.74) is 4.30. The molecule has 0 aliphatic heterocycles. The average molecular weight is 392 g/mol. The van der Waals surface area contributed by atoms with Gasteiger partial charge in [-0.3, -0.25) is 4.99 Å². The van der Waals surface area contributed by atoms with E-state index in [2.05, 4.69) is 53.2 Å². The number of aliphatic imine (C=N–C) groups is 1. The van der Waals surface area contributed by atoms with Crippen LogP contribution in [0.4, 0.5) is 16.2 Å². The first-order chi connectivity index (χ1) is 14.2. The molecule has 1 aliphatic rings. The van der Waals surface area contributed by atoms with Gasteiger partial charge < -0.3 is 15.4 Å². The number of amides is 2. The molecule has 1 saturated carbocycles. The van der Waals surface area contributed by atoms with Crippen molar-refractivity contribution in [3.63, 3.8) is 0 Å². The van der Waals surface area contributed by atoms with Crippen molar-refractivity contribution in [3.05, 3.63) is 72.5 Å². The monoisotopic (exact) mass is 391 g/mol. The third kappa shape index (κ3) is 5.05. The molecule has 2 amide bonds. The number of carbonyl (C=O) groups excluding carboxylic acids is 1. The Morgan fingerprint density at radius 1 is 1.03 bits per heavy atom. The first kappa shape index (κ1) is 20.6. The van der Waals surface area contributed by atoms with Gasteiger partial charge in [0.05, 0.1) is 18.5 Å². The first-order valence-corrected chi connectivity index (χ1v) is 10.1. The summed E-state index contributed by atoms with van der Waals surface area (Å²) in [6.45, 7) is 7.91. The van der Waals surface area contributed by atoms with Crippen molar-refractivity contribution in [1.29, 1.82) is 0 Å². The molecule has 0 spiro atoms. The first-order valence-electron chi connectivity index (χ1n) is 10.1. The number of ether oxygens (including phenoxy) is 1. The molecule has 0 saturated heterocycles. The Morgan fingerprint density at radius 3 is 2.24 bits per heavy atom. The molecule has 152 valence electrons. The molecule has 2 N–H and O–H groups in total. The van der Waals surface area contributed by atoms with E-state index in [9.17, 15) is 4.79 Å². The maximum Gasteiger partial charge on any atom is 0.319 e. The Labute approximate surface area is 172 Å². The lowest BCUT2D eigenvalue weighted by molar-refractivity contribution is 0.234. The Bertz CT molecular complexity index is 822. The number of hydrogen-bond acceptors (Lipinski definition) is 3. The highest BCUT2D eigenvalue weighted by Gasteiger charge is 2.35. The van der Waals surface area contributed by atoms with E-state index in [0.717, 1.165) is 24.2 Å². The third-order valence-corrected chi connectivity index (χ3v) is 5.63. The topological polar surface area (TPSA) is 62.7 Å². The van der Waals surface area contributed by atoms with Crippen LogP contribution in [0, 0.1) is 0 Å². The van der Waals surface area contributed by atoms with Crippen LogP contribution in [0.2, 0.25) is 0 Å². The lowest BCUT2D eigenvalue weighted by Gasteiger charge is -2.38. The quantitative estimate of drug-likeness (QED) is 0.352. The molecule has 0 heterocycles. The van der Waals surface area contributed by atoms with E-state index in [4.69, 9.17) is 4.74 Å². The van der Waals surface area contributed by atoms with Crippen LogP contribution in [-0.4, -0.2) is 25.9 Å². The standard InChI is InChI=1S/C24H29N3O2/c1-3-29-18-17-26-23(28)27-22-13-9-20(10-14-22)24(15-5-4-6-16-24)19-7-11-21(25-2)12-8-19/h3,7-14H,1-2,4-6,15-18H2,(H2,26,27,28). The maximum absolute atomic E-state index is 12.0. The van der Waals surface area contributed by atoms with E-state index in [1.54, 1.807) is 0 Å². The highest BCUT2D eigenvalue weighted by Crippen LogP contribution is 2.45. The second kappa shape index (κ2) is 9.92. The van der Waals surface area contributed by atoms with E-state index < -0.39 is 0 Å². The van der Waals surface area contributed by atoms with Gasteiger partial charge in [0.15, 0.2) is 0 Å². The third-order valence-electron chi connectivity index (χ3n) is 5.63. The molecule has 2 aromatic rings. The van der Waals surface area contributed by atoms with Crippen LogP contribution in [0.3, 0.4) is 0 Å². The van der Waals surface area contributed by atoms with Gasteiger partial charge in [0, 0.05) is 11.1 Å². The van der Waals surface area contributed by atoms with Crippen molar-refractivity contribution in [3.8, 4) is 0 Å². The summed E-state index contributed by atoms with van der Waals surface area (Å²) in [5.74, 6) is 0. The lowest BCUT2D eigenvalue weighted by Crippen LogP contribution is -2.32. The van der Waals surface area contributed by atoms with Crippen molar-refractivity contribution in [1.82, 2.24) is 5.32 Å². The van der Waals surface area contributed by atoms with Crippen LogP contribution in [0.1, 0.15) is 43.2 Å². The summed E-state index contributed by atoms with van der Waals surface area (Å²) < 4.78 is 5.00. The molecule has 1 fully saturated rings. The van der Waals surface area contributed by atoms with E-state index in [0.29, 0.717) is 13.2 Å². The molecule has 0 unspecified atom stereocenters. The highest BCUT2D eigenvalue weighted by molar-refractivity contribution is 5.89. The number of rotatable bonds is 8. The van der Waals surface area contributed by atoms with Gasteiger partial charge >= 0.3 is 6.03 Å². The predicted molar refractivity (Wildman–Crippen MR) is 119 cm³/mol. The minimum absolute atomic E-state index is 0.0146. The van der Waals surface area contributed by atoms with Crippen LogP contribution in [0.5, 0.6) is 0 Å². The van der Waals surface area contributed by atoms with Crippen molar-refractivity contribution in [2.75, 3.05) is 18.5 Å². The molecular weight excluding hydrogens is 362 g/mol. The Morgan fingerprint density at radius 2 is 1.66 bits per heavy atom. The van der Waals surface area contributed by atoms with Crippen molar-refractivity contribution >= 4 is 24.1 Å². The fraction of sp³-hybridized carbons (Fsp3) is 0.333. The Kier molecular flexibility index (Phi) is 7.06. The number of hydrogen-bond donors (Lipinski definition) is 2. The molecule has 0 atom stereocenters. The van der Waals surface area contributed by atoms with Gasteiger partial charge in [0.25, 0.3) is 0 Å². The van der Waals surface area contributed by atoms with Crippen LogP contribution in [-0.2, 0) is 10.2 Å². The summed E-state index contributed by atoms with van der Waals surface area (Å²) >= 11 is 0. The van der Waals surface area contributed by atoms with E-state index in [1.165, 1.54) is 36.7 Å². The molecule has 5 heteroatoms. The number of carbonyl (C=O) groups is 1. The lowest BCUT2D eigenvalue weighted by atomic mass is 9.65. The number of nitrogens with one attached hydrogen (secondary N) is 2. The number of nitrogens with zero attached hydrogens (tertiary/aromatic N) is 1. The summed E-state index contributed by atoms with van der Waals surface area (Å²) in [4.78, 5) is 16.0. The van der Waals surface area contributed by atoms with Gasteiger partial charge in [0.1, 0.15) is 6.61 Å². The zero-order chi connectivity index (χ0) is 20.5. The fourth-order valence-electron chi connectivity index (χ4n) is 4.14. The van der Waals surface area contributed by atoms with Crippen molar-refractivity contribution in [2.45, 2.75) is 37.5 Å². The normalized spacial score (nSPS) is 15.2. The molecule has 29 heavy (non-hydrogen) atoms. The van der Waals surface area contributed by atoms with Gasteiger partial charge in [0.2, 0.25) is 0 Å². The zero-order valence-electron chi connectivity index (χ0n) is 16.8. The fourth-order valence-corrected chi connectivity index (χ4v) is 4.14. The van der Waals surface area contributed by atoms with Gasteiger partial charge in [-0.2, -0.15) is 0 Å². The van der Waals surface area contributed by atoms with E-state index in [1.807, 2.05) is 24.3 Å². The van der Waals surface area contributed by atoms with Crippen LogP contribution in [0.15, 0.2) is 66.4 Å². The largest absolute Gasteiger partial charge is 0.500 e. The summed E-state index contributed by atoms with van der Waals surface area (Å²) in [5, 5.41) is 5.62. The summed E-state index contributed by atoms with van der Waals surface area (Å²) in [7, 11) is 0. The van der Waals surface area contributed by atoms with E-state index in [-0.39, 0.29) is 11.4 Å². The molecule has 0 aromatic heterocycles. The zero-order valence-corrected chi connectivity index (χ0v) is 16.8. The van der Waals surface area contributed by atoms with Crippen LogP contribution in [0.25, 0.3) is 0 Å². The highest BCUT2D eigenvalue weighted by atomic mass is 16.5. The second-order valence-corrected chi connectivity index (χ2v) is 7.34. The van der Waals surface area contributed by atoms with Crippen molar-refractivity contribution < 1.29 is 9.53 Å².